The maximum absolute atomic E-state index is 11.9. The number of carbonyl (C=O) groups excluding carboxylic acids is 1. The fourth-order valence-corrected chi connectivity index (χ4v) is 1.81. The van der Waals surface area contributed by atoms with E-state index in [0.29, 0.717) is 18.6 Å². The molecule has 1 heteroatoms. The van der Waals surface area contributed by atoms with E-state index >= 15 is 0 Å². The Morgan fingerprint density at radius 3 is 2.41 bits per heavy atom. The highest BCUT2D eigenvalue weighted by Gasteiger charge is 2.13. The summed E-state index contributed by atoms with van der Waals surface area (Å²) in [7, 11) is 0. The van der Waals surface area contributed by atoms with Crippen molar-refractivity contribution in [1.29, 1.82) is 0 Å². The van der Waals surface area contributed by atoms with Crippen LogP contribution in [-0.2, 0) is 11.2 Å². The predicted molar refractivity (Wildman–Crippen MR) is 73.3 cm³/mol. The second kappa shape index (κ2) is 5.48. The van der Waals surface area contributed by atoms with Gasteiger partial charge in [-0.1, -0.05) is 44.5 Å². The fourth-order valence-electron chi connectivity index (χ4n) is 1.81. The van der Waals surface area contributed by atoms with Crippen LogP contribution in [-0.4, -0.2) is 5.78 Å². The second-order valence-corrected chi connectivity index (χ2v) is 6.21. The SMILES string of the molecule is Cc1ccc(C)c(CC(=O)CCC(C)(C)C)c1. The molecule has 0 aliphatic carbocycles. The third-order valence-corrected chi connectivity index (χ3v) is 3.05. The quantitative estimate of drug-likeness (QED) is 0.758. The van der Waals surface area contributed by atoms with Gasteiger partial charge in [-0.15, -0.1) is 0 Å². The number of benzene rings is 1. The predicted octanol–water partition coefficient (Wildman–Crippen LogP) is 4.24. The molecule has 0 saturated heterocycles. The van der Waals surface area contributed by atoms with E-state index in [1.165, 1.54) is 16.7 Å². The van der Waals surface area contributed by atoms with E-state index in [4.69, 9.17) is 0 Å². The normalized spacial score (nSPS) is 11.6. The minimum Gasteiger partial charge on any atom is -0.299 e. The third-order valence-electron chi connectivity index (χ3n) is 3.05. The Balaban J connectivity index is 2.59. The van der Waals surface area contributed by atoms with Crippen LogP contribution in [0.3, 0.4) is 0 Å². The van der Waals surface area contributed by atoms with E-state index in [2.05, 4.69) is 52.8 Å². The van der Waals surface area contributed by atoms with E-state index in [1.807, 2.05) is 0 Å². The van der Waals surface area contributed by atoms with E-state index < -0.39 is 0 Å². The van der Waals surface area contributed by atoms with Crippen molar-refractivity contribution in [3.8, 4) is 0 Å². The lowest BCUT2D eigenvalue weighted by Gasteiger charge is -2.17. The lowest BCUT2D eigenvalue weighted by molar-refractivity contribution is -0.118. The molecular formula is C16H24O. The molecule has 17 heavy (non-hydrogen) atoms. The summed E-state index contributed by atoms with van der Waals surface area (Å²) in [6.07, 6.45) is 2.25. The average Bonchev–Trinajstić information content (AvgIpc) is 2.20. The summed E-state index contributed by atoms with van der Waals surface area (Å²) in [5, 5.41) is 0. The summed E-state index contributed by atoms with van der Waals surface area (Å²) < 4.78 is 0. The van der Waals surface area contributed by atoms with Crippen molar-refractivity contribution in [2.45, 2.75) is 53.9 Å². The molecule has 1 nitrogen and oxygen atoms in total. The zero-order chi connectivity index (χ0) is 13.1. The summed E-state index contributed by atoms with van der Waals surface area (Å²) in [5.41, 5.74) is 3.88. The molecule has 94 valence electrons. The lowest BCUT2D eigenvalue weighted by atomic mass is 9.88. The first-order valence-corrected chi connectivity index (χ1v) is 6.36. The van der Waals surface area contributed by atoms with Gasteiger partial charge in [-0.25, -0.2) is 0 Å². The summed E-state index contributed by atoms with van der Waals surface area (Å²) in [6.45, 7) is 10.7. The molecule has 0 aliphatic heterocycles. The number of rotatable bonds is 4. The van der Waals surface area contributed by atoms with Crippen molar-refractivity contribution in [1.82, 2.24) is 0 Å². The molecule has 0 N–H and O–H groups in total. The van der Waals surface area contributed by atoms with Crippen LogP contribution < -0.4 is 0 Å². The molecule has 0 bridgehead atoms. The van der Waals surface area contributed by atoms with Crippen LogP contribution in [0.15, 0.2) is 18.2 Å². The van der Waals surface area contributed by atoms with Gasteiger partial charge >= 0.3 is 0 Å². The first-order chi connectivity index (χ1) is 7.78. The van der Waals surface area contributed by atoms with Crippen LogP contribution in [0.5, 0.6) is 0 Å². The summed E-state index contributed by atoms with van der Waals surface area (Å²) >= 11 is 0. The molecule has 0 heterocycles. The van der Waals surface area contributed by atoms with Crippen LogP contribution in [0, 0.1) is 19.3 Å². The summed E-state index contributed by atoms with van der Waals surface area (Å²) in [5.74, 6) is 0.355. The highest BCUT2D eigenvalue weighted by Crippen LogP contribution is 2.21. The van der Waals surface area contributed by atoms with E-state index in [1.54, 1.807) is 0 Å². The highest BCUT2D eigenvalue weighted by molar-refractivity contribution is 5.81. The highest BCUT2D eigenvalue weighted by atomic mass is 16.1. The Bertz CT molecular complexity index is 396. The van der Waals surface area contributed by atoms with Gasteiger partial charge in [0.2, 0.25) is 0 Å². The Kier molecular flexibility index (Phi) is 4.50. The van der Waals surface area contributed by atoms with Gasteiger partial charge in [0.1, 0.15) is 5.78 Å². The van der Waals surface area contributed by atoms with E-state index in [0.717, 1.165) is 6.42 Å². The number of ketones is 1. The van der Waals surface area contributed by atoms with E-state index in [9.17, 15) is 4.79 Å². The summed E-state index contributed by atoms with van der Waals surface area (Å²) in [6, 6.07) is 6.32. The number of Topliss-reactive ketones (excluding diaryl/α,β-unsaturated/α-hetero) is 1. The maximum atomic E-state index is 11.9. The minimum atomic E-state index is 0.247. The minimum absolute atomic E-state index is 0.247. The molecule has 1 aromatic carbocycles. The van der Waals surface area contributed by atoms with E-state index in [-0.39, 0.29) is 5.41 Å². The molecule has 0 saturated carbocycles. The Morgan fingerprint density at radius 2 is 1.82 bits per heavy atom. The monoisotopic (exact) mass is 232 g/mol. The standard InChI is InChI=1S/C16H24O/c1-12-6-7-13(2)14(10-12)11-15(17)8-9-16(3,4)5/h6-7,10H,8-9,11H2,1-5H3. The Labute approximate surface area is 105 Å². The number of hydrogen-bond acceptors (Lipinski definition) is 1. The van der Waals surface area contributed by atoms with Gasteiger partial charge in [0.15, 0.2) is 0 Å². The number of hydrogen-bond donors (Lipinski definition) is 0. The zero-order valence-electron chi connectivity index (χ0n) is 11.8. The fraction of sp³-hybridized carbons (Fsp3) is 0.562. The molecule has 0 fully saturated rings. The largest absolute Gasteiger partial charge is 0.299 e. The molecule has 0 atom stereocenters. The Hall–Kier alpha value is -1.11. The van der Waals surface area contributed by atoms with Crippen molar-refractivity contribution in [2.24, 2.45) is 5.41 Å². The van der Waals surface area contributed by atoms with Crippen LogP contribution in [0.25, 0.3) is 0 Å². The molecule has 0 aliphatic rings. The van der Waals surface area contributed by atoms with Crippen molar-refractivity contribution >= 4 is 5.78 Å². The van der Waals surface area contributed by atoms with Crippen LogP contribution in [0.4, 0.5) is 0 Å². The molecule has 0 spiro atoms. The van der Waals surface area contributed by atoms with Crippen molar-refractivity contribution < 1.29 is 4.79 Å². The molecule has 1 rings (SSSR count). The first-order valence-electron chi connectivity index (χ1n) is 6.36. The molecule has 0 unspecified atom stereocenters. The van der Waals surface area contributed by atoms with Gasteiger partial charge in [-0.3, -0.25) is 4.79 Å². The smallest absolute Gasteiger partial charge is 0.137 e. The topological polar surface area (TPSA) is 17.1 Å². The van der Waals surface area contributed by atoms with Crippen molar-refractivity contribution in [2.75, 3.05) is 0 Å². The van der Waals surface area contributed by atoms with Gasteiger partial charge < -0.3 is 0 Å². The molecule has 0 radical (unpaired) electrons. The van der Waals surface area contributed by atoms with Crippen LogP contribution >= 0.6 is 0 Å². The van der Waals surface area contributed by atoms with Crippen molar-refractivity contribution in [3.63, 3.8) is 0 Å². The van der Waals surface area contributed by atoms with Gasteiger partial charge in [-0.05, 0) is 36.8 Å². The first kappa shape index (κ1) is 14.0. The second-order valence-electron chi connectivity index (χ2n) is 6.21. The zero-order valence-corrected chi connectivity index (χ0v) is 11.8. The van der Waals surface area contributed by atoms with Crippen molar-refractivity contribution in [3.05, 3.63) is 34.9 Å². The van der Waals surface area contributed by atoms with Crippen LogP contribution in [0.2, 0.25) is 0 Å². The molecular weight excluding hydrogens is 208 g/mol. The molecule has 0 amide bonds. The lowest BCUT2D eigenvalue weighted by Crippen LogP contribution is -2.11. The maximum Gasteiger partial charge on any atom is 0.137 e. The van der Waals surface area contributed by atoms with Gasteiger partial charge in [0.05, 0.1) is 0 Å². The third kappa shape index (κ3) is 5.16. The summed E-state index contributed by atoms with van der Waals surface area (Å²) in [4.78, 5) is 11.9. The molecule has 1 aromatic rings. The molecule has 0 aromatic heterocycles. The number of carbonyl (C=O) groups is 1. The Morgan fingerprint density at radius 1 is 1.18 bits per heavy atom. The number of aryl methyl sites for hydroxylation is 2. The van der Waals surface area contributed by atoms with Gasteiger partial charge in [0.25, 0.3) is 0 Å². The van der Waals surface area contributed by atoms with Crippen LogP contribution in [0.1, 0.15) is 50.3 Å². The van der Waals surface area contributed by atoms with Gasteiger partial charge in [0, 0.05) is 12.8 Å². The average molecular weight is 232 g/mol. The van der Waals surface area contributed by atoms with Gasteiger partial charge in [-0.2, -0.15) is 0 Å².